The fourth-order valence-electron chi connectivity index (χ4n) is 1.68. The molecule has 0 radical (unpaired) electrons. The summed E-state index contributed by atoms with van der Waals surface area (Å²) in [4.78, 5) is 10.8. The molecule has 2 rings (SSSR count). The van der Waals surface area contributed by atoms with Crippen molar-refractivity contribution in [1.29, 1.82) is 0 Å². The molecule has 80 valence electrons. The first-order valence-electron chi connectivity index (χ1n) is 4.56. The van der Waals surface area contributed by atoms with Crippen LogP contribution in [-0.4, -0.2) is 6.03 Å². The maximum Gasteiger partial charge on any atom is 0.312 e. The van der Waals surface area contributed by atoms with Crippen LogP contribution in [0, 0.1) is 0 Å². The lowest BCUT2D eigenvalue weighted by Crippen LogP contribution is -2.38. The summed E-state index contributed by atoms with van der Waals surface area (Å²) >= 11 is 11.8. The molecule has 0 saturated heterocycles. The molecule has 0 unspecified atom stereocenters. The van der Waals surface area contributed by atoms with Gasteiger partial charge in [-0.15, -0.1) is 0 Å². The van der Waals surface area contributed by atoms with Crippen molar-refractivity contribution < 1.29 is 4.79 Å². The highest BCUT2D eigenvalue weighted by Crippen LogP contribution is 2.46. The van der Waals surface area contributed by atoms with E-state index in [1.54, 1.807) is 18.2 Å². The highest BCUT2D eigenvalue weighted by molar-refractivity contribution is 6.34. The normalized spacial score (nSPS) is 17.2. The number of nitrogens with two attached hydrogens (primary N) is 1. The minimum Gasteiger partial charge on any atom is -0.352 e. The first-order chi connectivity index (χ1) is 7.02. The molecule has 1 aliphatic rings. The molecule has 2 amide bonds. The van der Waals surface area contributed by atoms with Gasteiger partial charge in [0.1, 0.15) is 0 Å². The second-order valence-electron chi connectivity index (χ2n) is 3.73. The second kappa shape index (κ2) is 3.58. The van der Waals surface area contributed by atoms with Crippen LogP contribution in [0.25, 0.3) is 0 Å². The van der Waals surface area contributed by atoms with E-state index < -0.39 is 6.03 Å². The zero-order chi connectivity index (χ0) is 11.1. The van der Waals surface area contributed by atoms with Gasteiger partial charge < -0.3 is 11.1 Å². The van der Waals surface area contributed by atoms with Crippen molar-refractivity contribution in [3.05, 3.63) is 33.8 Å². The molecule has 5 heteroatoms. The van der Waals surface area contributed by atoms with Gasteiger partial charge in [-0.25, -0.2) is 4.79 Å². The van der Waals surface area contributed by atoms with Crippen molar-refractivity contribution in [2.24, 2.45) is 5.73 Å². The molecular formula is C10H10Cl2N2O. The lowest BCUT2D eigenvalue weighted by molar-refractivity contribution is 0.244. The van der Waals surface area contributed by atoms with Crippen LogP contribution >= 0.6 is 23.2 Å². The van der Waals surface area contributed by atoms with E-state index in [0.717, 1.165) is 18.4 Å². The third-order valence-electron chi connectivity index (χ3n) is 2.53. The SMILES string of the molecule is NC(=O)NC1(c2cc(Cl)cc(Cl)c2)CC1. The number of benzene rings is 1. The van der Waals surface area contributed by atoms with Gasteiger partial charge in [-0.1, -0.05) is 23.2 Å². The van der Waals surface area contributed by atoms with Gasteiger partial charge in [0.05, 0.1) is 5.54 Å². The summed E-state index contributed by atoms with van der Waals surface area (Å²) in [6, 6.07) is 4.74. The van der Waals surface area contributed by atoms with Crippen LogP contribution in [0.1, 0.15) is 18.4 Å². The first-order valence-corrected chi connectivity index (χ1v) is 5.32. The van der Waals surface area contributed by atoms with E-state index in [0.29, 0.717) is 10.0 Å². The Kier molecular flexibility index (Phi) is 2.52. The van der Waals surface area contributed by atoms with Gasteiger partial charge in [-0.05, 0) is 36.6 Å². The molecule has 3 nitrogen and oxygen atoms in total. The Bertz CT molecular complexity index is 396. The smallest absolute Gasteiger partial charge is 0.312 e. The Hall–Kier alpha value is -0.930. The Morgan fingerprint density at radius 3 is 2.20 bits per heavy atom. The number of amides is 2. The van der Waals surface area contributed by atoms with E-state index in [1.807, 2.05) is 0 Å². The number of primary amides is 1. The molecule has 1 saturated carbocycles. The van der Waals surface area contributed by atoms with E-state index in [4.69, 9.17) is 28.9 Å². The monoisotopic (exact) mass is 244 g/mol. The number of hydrogen-bond donors (Lipinski definition) is 2. The van der Waals surface area contributed by atoms with Crippen LogP contribution in [0.5, 0.6) is 0 Å². The topological polar surface area (TPSA) is 55.1 Å². The van der Waals surface area contributed by atoms with Crippen LogP contribution in [-0.2, 0) is 5.54 Å². The van der Waals surface area contributed by atoms with Gasteiger partial charge in [0.2, 0.25) is 0 Å². The van der Waals surface area contributed by atoms with Gasteiger partial charge >= 0.3 is 6.03 Å². The number of rotatable bonds is 2. The lowest BCUT2D eigenvalue weighted by Gasteiger charge is -2.16. The fraction of sp³-hybridized carbons (Fsp3) is 0.300. The van der Waals surface area contributed by atoms with Crippen molar-refractivity contribution in [2.75, 3.05) is 0 Å². The van der Waals surface area contributed by atoms with Crippen LogP contribution in [0.15, 0.2) is 18.2 Å². The third-order valence-corrected chi connectivity index (χ3v) is 2.96. The van der Waals surface area contributed by atoms with Crippen molar-refractivity contribution >= 4 is 29.2 Å². The average molecular weight is 245 g/mol. The average Bonchev–Trinajstić information content (AvgIpc) is 2.82. The molecule has 0 aliphatic heterocycles. The maximum absolute atomic E-state index is 10.8. The predicted molar refractivity (Wildman–Crippen MR) is 60.1 cm³/mol. The second-order valence-corrected chi connectivity index (χ2v) is 4.60. The minimum absolute atomic E-state index is 0.347. The largest absolute Gasteiger partial charge is 0.352 e. The molecule has 1 aliphatic carbocycles. The Labute approximate surface area is 97.5 Å². The Morgan fingerprint density at radius 1 is 1.27 bits per heavy atom. The molecule has 0 atom stereocenters. The maximum atomic E-state index is 10.8. The lowest BCUT2D eigenvalue weighted by atomic mass is 10.1. The molecule has 1 aromatic carbocycles. The van der Waals surface area contributed by atoms with Crippen LogP contribution in [0.4, 0.5) is 4.79 Å². The summed E-state index contributed by atoms with van der Waals surface area (Å²) in [5.74, 6) is 0. The van der Waals surface area contributed by atoms with Crippen LogP contribution in [0.2, 0.25) is 10.0 Å². The number of carbonyl (C=O) groups is 1. The number of carbonyl (C=O) groups excluding carboxylic acids is 1. The summed E-state index contributed by atoms with van der Waals surface area (Å²) in [6.07, 6.45) is 1.74. The van der Waals surface area contributed by atoms with Gasteiger partial charge in [0.15, 0.2) is 0 Å². The van der Waals surface area contributed by atoms with Gasteiger partial charge in [0, 0.05) is 10.0 Å². The number of urea groups is 1. The van der Waals surface area contributed by atoms with E-state index >= 15 is 0 Å². The Morgan fingerprint density at radius 2 is 1.80 bits per heavy atom. The standard InChI is InChI=1S/C10H10Cl2N2O/c11-7-3-6(4-8(12)5-7)10(1-2-10)14-9(13)15/h3-5H,1-2H2,(H3,13,14,15). The molecule has 0 spiro atoms. The van der Waals surface area contributed by atoms with Gasteiger partial charge in [-0.2, -0.15) is 0 Å². The van der Waals surface area contributed by atoms with E-state index in [9.17, 15) is 4.79 Å². The summed E-state index contributed by atoms with van der Waals surface area (Å²) < 4.78 is 0. The number of halogens is 2. The molecule has 15 heavy (non-hydrogen) atoms. The fourth-order valence-corrected chi connectivity index (χ4v) is 2.20. The summed E-state index contributed by atoms with van der Waals surface area (Å²) in [7, 11) is 0. The minimum atomic E-state index is -0.524. The zero-order valence-corrected chi connectivity index (χ0v) is 9.40. The van der Waals surface area contributed by atoms with Crippen LogP contribution in [0.3, 0.4) is 0 Å². The predicted octanol–water partition coefficient (Wildman–Crippen LogP) is 2.65. The molecule has 3 N–H and O–H groups in total. The van der Waals surface area contributed by atoms with Crippen molar-refractivity contribution in [1.82, 2.24) is 5.32 Å². The van der Waals surface area contributed by atoms with Crippen molar-refractivity contribution in [2.45, 2.75) is 18.4 Å². The number of nitrogens with one attached hydrogen (secondary N) is 1. The molecule has 0 aromatic heterocycles. The summed E-state index contributed by atoms with van der Waals surface area (Å²) in [5, 5.41) is 3.85. The molecule has 1 aromatic rings. The van der Waals surface area contributed by atoms with Gasteiger partial charge in [-0.3, -0.25) is 0 Å². The van der Waals surface area contributed by atoms with Crippen molar-refractivity contribution in [3.63, 3.8) is 0 Å². The van der Waals surface area contributed by atoms with E-state index in [2.05, 4.69) is 5.32 Å². The molecular weight excluding hydrogens is 235 g/mol. The molecule has 0 heterocycles. The number of hydrogen-bond acceptors (Lipinski definition) is 1. The third kappa shape index (κ3) is 2.19. The highest BCUT2D eigenvalue weighted by atomic mass is 35.5. The molecule has 1 fully saturated rings. The Balaban J connectivity index is 2.32. The summed E-state index contributed by atoms with van der Waals surface area (Å²) in [5.41, 5.74) is 5.68. The first kappa shape index (κ1) is 10.6. The highest BCUT2D eigenvalue weighted by Gasteiger charge is 2.45. The molecule has 0 bridgehead atoms. The van der Waals surface area contributed by atoms with E-state index in [-0.39, 0.29) is 5.54 Å². The quantitative estimate of drug-likeness (QED) is 0.826. The van der Waals surface area contributed by atoms with E-state index in [1.165, 1.54) is 0 Å². The van der Waals surface area contributed by atoms with Crippen LogP contribution < -0.4 is 11.1 Å². The zero-order valence-electron chi connectivity index (χ0n) is 7.89. The van der Waals surface area contributed by atoms with Crippen molar-refractivity contribution in [3.8, 4) is 0 Å². The van der Waals surface area contributed by atoms with Gasteiger partial charge in [0.25, 0.3) is 0 Å². The summed E-state index contributed by atoms with van der Waals surface area (Å²) in [6.45, 7) is 0.